The van der Waals surface area contributed by atoms with Crippen LogP contribution in [0.5, 0.6) is 0 Å². The quantitative estimate of drug-likeness (QED) is 0.444. The van der Waals surface area contributed by atoms with Crippen molar-refractivity contribution in [1.82, 2.24) is 0 Å². The van der Waals surface area contributed by atoms with E-state index >= 15 is 0 Å². The van der Waals surface area contributed by atoms with Crippen LogP contribution in [0.1, 0.15) is 89.0 Å². The van der Waals surface area contributed by atoms with Crippen molar-refractivity contribution < 1.29 is 0 Å². The van der Waals surface area contributed by atoms with Gasteiger partial charge < -0.3 is 0 Å². The molecular weight excluding hydrogens is 228 g/mol. The predicted octanol–water partition coefficient (Wildman–Crippen LogP) is 8.22. The van der Waals surface area contributed by atoms with Crippen LogP contribution < -0.4 is 0 Å². The van der Waals surface area contributed by atoms with E-state index in [9.17, 15) is 0 Å². The molecule has 0 N–H and O–H groups in total. The van der Waals surface area contributed by atoms with E-state index in [0.717, 1.165) is 0 Å². The van der Waals surface area contributed by atoms with Crippen molar-refractivity contribution >= 4 is 0 Å². The van der Waals surface area contributed by atoms with E-state index in [1.807, 2.05) is 74.5 Å². The van der Waals surface area contributed by atoms with Crippen molar-refractivity contribution in [3.05, 3.63) is 37.0 Å². The largest absolute Gasteiger partial charge is 0.103 e. The first-order chi connectivity index (χ1) is 9.24. The van der Waals surface area contributed by atoms with E-state index in [-0.39, 0.29) is 0 Å². The molecule has 0 bridgehead atoms. The van der Waals surface area contributed by atoms with Crippen LogP contribution in [-0.4, -0.2) is 0 Å². The van der Waals surface area contributed by atoms with Crippen LogP contribution in [0.2, 0.25) is 0 Å². The van der Waals surface area contributed by atoms with Gasteiger partial charge in [0.15, 0.2) is 0 Å². The zero-order valence-corrected chi connectivity index (χ0v) is 16.0. The van der Waals surface area contributed by atoms with Crippen LogP contribution in [-0.2, 0) is 0 Å². The summed E-state index contributed by atoms with van der Waals surface area (Å²) in [6, 6.07) is 0. The number of hydrogen-bond acceptors (Lipinski definition) is 0. The lowest BCUT2D eigenvalue weighted by Gasteiger charge is -1.72. The Morgan fingerprint density at radius 2 is 0.789 bits per heavy atom. The van der Waals surface area contributed by atoms with E-state index < -0.39 is 0 Å². The number of rotatable bonds is 2. The molecule has 0 radical (unpaired) electrons. The normalized spacial score (nSPS) is 6.89. The Morgan fingerprint density at radius 1 is 0.632 bits per heavy atom. The first-order valence-corrected chi connectivity index (χ1v) is 8.04. The van der Waals surface area contributed by atoms with Crippen molar-refractivity contribution in [1.29, 1.82) is 0 Å². The van der Waals surface area contributed by atoms with Crippen LogP contribution >= 0.6 is 0 Å². The first kappa shape index (κ1) is 36.2. The highest BCUT2D eigenvalue weighted by Gasteiger charge is 1.60. The fourth-order valence-electron chi connectivity index (χ4n) is 0.333. The molecule has 120 valence electrons. The van der Waals surface area contributed by atoms with Crippen molar-refractivity contribution in [3.63, 3.8) is 0 Å². The summed E-state index contributed by atoms with van der Waals surface area (Å²) in [7, 11) is 0. The molecule has 0 aromatic carbocycles. The van der Waals surface area contributed by atoms with Crippen LogP contribution in [0.15, 0.2) is 37.0 Å². The molecule has 0 fully saturated rings. The van der Waals surface area contributed by atoms with Gasteiger partial charge in [0.25, 0.3) is 0 Å². The lowest BCUT2D eigenvalue weighted by atomic mass is 10.4. The van der Waals surface area contributed by atoms with Gasteiger partial charge >= 0.3 is 0 Å². The summed E-state index contributed by atoms with van der Waals surface area (Å²) in [5, 5.41) is 0. The van der Waals surface area contributed by atoms with E-state index in [4.69, 9.17) is 0 Å². The topological polar surface area (TPSA) is 0 Å². The van der Waals surface area contributed by atoms with E-state index in [0.29, 0.717) is 0 Å². The molecule has 0 aliphatic carbocycles. The van der Waals surface area contributed by atoms with E-state index in [1.54, 1.807) is 6.08 Å². The molecule has 0 atom stereocenters. The van der Waals surface area contributed by atoms with E-state index in [2.05, 4.69) is 32.6 Å². The van der Waals surface area contributed by atoms with Crippen molar-refractivity contribution in [2.24, 2.45) is 0 Å². The second-order valence-electron chi connectivity index (χ2n) is 2.36. The molecule has 0 rings (SSSR count). The lowest BCUT2D eigenvalue weighted by molar-refractivity contribution is 1.16. The van der Waals surface area contributed by atoms with Gasteiger partial charge in [0.2, 0.25) is 0 Å². The molecule has 0 saturated heterocycles. The van der Waals surface area contributed by atoms with Crippen molar-refractivity contribution in [2.45, 2.75) is 89.0 Å². The maximum atomic E-state index is 3.36. The van der Waals surface area contributed by atoms with Crippen molar-refractivity contribution in [2.75, 3.05) is 0 Å². The van der Waals surface area contributed by atoms with Gasteiger partial charge in [-0.1, -0.05) is 85.8 Å². The highest BCUT2D eigenvalue weighted by molar-refractivity contribution is 4.77. The summed E-state index contributed by atoms with van der Waals surface area (Å²) < 4.78 is 0. The maximum absolute atomic E-state index is 3.36. The third-order valence-electron chi connectivity index (χ3n) is 0.971. The third kappa shape index (κ3) is 385. The first-order valence-electron chi connectivity index (χ1n) is 8.04. The maximum Gasteiger partial charge on any atom is -0.0379 e. The predicted molar refractivity (Wildman–Crippen MR) is 100 cm³/mol. The Morgan fingerprint density at radius 3 is 0.842 bits per heavy atom. The zero-order chi connectivity index (χ0) is 16.9. The summed E-state index contributed by atoms with van der Waals surface area (Å²) in [6.07, 6.45) is 12.5. The fraction of sp³-hybridized carbons (Fsp3) is 0.684. The average molecular weight is 273 g/mol. The fourth-order valence-corrected chi connectivity index (χ4v) is 0.333. The highest BCUT2D eigenvalue weighted by atomic mass is 13.7. The van der Waals surface area contributed by atoms with Gasteiger partial charge in [-0.3, -0.25) is 0 Å². The van der Waals surface area contributed by atoms with Gasteiger partial charge in [-0.15, -0.1) is 6.58 Å². The van der Waals surface area contributed by atoms with Crippen molar-refractivity contribution in [3.8, 4) is 0 Å². The molecule has 0 nitrogen and oxygen atoms in total. The minimum atomic E-state index is 1.17. The minimum absolute atomic E-state index is 1.17. The molecule has 0 amide bonds. The molecule has 0 unspecified atom stereocenters. The van der Waals surface area contributed by atoms with E-state index in [1.165, 1.54) is 12.8 Å². The van der Waals surface area contributed by atoms with Crippen LogP contribution in [0, 0.1) is 0 Å². The van der Waals surface area contributed by atoms with Crippen LogP contribution in [0.25, 0.3) is 0 Å². The Labute approximate surface area is 126 Å². The Balaban J connectivity index is -0.0000000288. The van der Waals surface area contributed by atoms with Gasteiger partial charge in [-0.2, -0.15) is 0 Å². The average Bonchev–Trinajstić information content (AvgIpc) is 2.52. The summed E-state index contributed by atoms with van der Waals surface area (Å²) in [5.41, 5.74) is 0. The molecule has 19 heavy (non-hydrogen) atoms. The second kappa shape index (κ2) is 117. The molecule has 0 aliphatic heterocycles. The van der Waals surface area contributed by atoms with Gasteiger partial charge in [0.05, 0.1) is 0 Å². The highest BCUT2D eigenvalue weighted by Crippen LogP contribution is 1.81. The molecule has 0 spiro atoms. The molecule has 0 heteroatoms. The molecule has 0 aromatic heterocycles. The second-order valence-corrected chi connectivity index (χ2v) is 2.36. The monoisotopic (exact) mass is 272 g/mol. The Kier molecular flexibility index (Phi) is 223. The Bertz CT molecular complexity index is 97.2. The van der Waals surface area contributed by atoms with Crippen LogP contribution in [0.4, 0.5) is 0 Å². The summed E-state index contributed by atoms with van der Waals surface area (Å²) in [6.45, 7) is 25.5. The van der Waals surface area contributed by atoms with Gasteiger partial charge in [0.1, 0.15) is 0 Å². The lowest BCUT2D eigenvalue weighted by Crippen LogP contribution is -1.51. The molecule has 0 aromatic rings. The van der Waals surface area contributed by atoms with Crippen LogP contribution in [0.3, 0.4) is 0 Å². The molecule has 0 saturated carbocycles. The standard InChI is InChI=1S/C6H12.C4H8.C3H6.3C2H6/c1-3-5-6-4-2;1-3-4-2;1-3-2;3*1-2/h5-6H,3-4H2,1-2H3;3-4H,1-2H3;3H,1H2,2H3;3*1-2H3/b6-5-;4-3-;;;;. The smallest absolute Gasteiger partial charge is 0.0379 e. The number of hydrogen-bond donors (Lipinski definition) is 0. The van der Waals surface area contributed by atoms with Gasteiger partial charge in [0, 0.05) is 0 Å². The summed E-state index contributed by atoms with van der Waals surface area (Å²) >= 11 is 0. The minimum Gasteiger partial charge on any atom is -0.103 e. The SMILES string of the molecule is C/C=C\C.C=CC.CC.CC.CC.CC/C=C\CC. The molecule has 0 aliphatic rings. The summed E-state index contributed by atoms with van der Waals surface area (Å²) in [5.74, 6) is 0. The molecule has 0 heterocycles. The zero-order valence-electron chi connectivity index (χ0n) is 16.0. The van der Waals surface area contributed by atoms with Gasteiger partial charge in [-0.25, -0.2) is 0 Å². The van der Waals surface area contributed by atoms with Gasteiger partial charge in [-0.05, 0) is 33.6 Å². The number of allylic oxidation sites excluding steroid dienone is 5. The molecular formula is C19H44. The third-order valence-corrected chi connectivity index (χ3v) is 0.971. The summed E-state index contributed by atoms with van der Waals surface area (Å²) in [4.78, 5) is 0. The Hall–Kier alpha value is -0.780.